The molecule has 3 aliphatic rings. The van der Waals surface area contributed by atoms with Crippen molar-refractivity contribution in [3.63, 3.8) is 0 Å². The van der Waals surface area contributed by atoms with Crippen LogP contribution >= 0.6 is 0 Å². The van der Waals surface area contributed by atoms with Crippen LogP contribution in [0.3, 0.4) is 0 Å². The number of nitrogens with one attached hydrogen (secondary N) is 1. The van der Waals surface area contributed by atoms with Gasteiger partial charge in [-0.1, -0.05) is 6.42 Å². The molecule has 5 nitrogen and oxygen atoms in total. The molecule has 2 bridgehead atoms. The van der Waals surface area contributed by atoms with E-state index in [-0.39, 0.29) is 6.04 Å². The molecule has 1 aromatic carbocycles. The summed E-state index contributed by atoms with van der Waals surface area (Å²) in [6.07, 6.45) is 10.0. The lowest BCUT2D eigenvalue weighted by molar-refractivity contribution is 0.326. The first-order chi connectivity index (χ1) is 15.7. The fourth-order valence-corrected chi connectivity index (χ4v) is 6.18. The van der Waals surface area contributed by atoms with Crippen LogP contribution < -0.4 is 15.8 Å². The molecule has 166 valence electrons. The molecule has 0 radical (unpaired) electrons. The highest BCUT2D eigenvalue weighted by atomic mass is 19.1. The van der Waals surface area contributed by atoms with E-state index in [1.54, 1.807) is 10.8 Å². The Bertz CT molecular complexity index is 1200. The zero-order chi connectivity index (χ0) is 21.7. The van der Waals surface area contributed by atoms with Gasteiger partial charge in [0.25, 0.3) is 5.56 Å². The second-order valence-electron chi connectivity index (χ2n) is 9.76. The van der Waals surface area contributed by atoms with E-state index in [1.807, 2.05) is 6.07 Å². The van der Waals surface area contributed by atoms with Gasteiger partial charge in [-0.05, 0) is 80.7 Å². The molecule has 2 saturated carbocycles. The van der Waals surface area contributed by atoms with Gasteiger partial charge in [-0.15, -0.1) is 0 Å². The smallest absolute Gasteiger partial charge is 0.287 e. The van der Waals surface area contributed by atoms with Crippen molar-refractivity contribution in [3.8, 4) is 0 Å². The molecule has 0 spiro atoms. The third-order valence-corrected chi connectivity index (χ3v) is 7.77. The van der Waals surface area contributed by atoms with E-state index in [1.165, 1.54) is 37.4 Å². The summed E-state index contributed by atoms with van der Waals surface area (Å²) < 4.78 is 16.2. The predicted molar refractivity (Wildman–Crippen MR) is 126 cm³/mol. The standard InChI is InChI=1S/C26H29FN4O/c27-22-14-19-16-28-25(29-20-6-8-21(9-7-20)30-10-2-1-3-11-30)15-24(19)31(26(22)32)23-13-17-4-5-18(23)12-17/h6-9,14-18,23H,1-5,10-13H2,(H,28,29). The highest BCUT2D eigenvalue weighted by Crippen LogP contribution is 2.50. The molecule has 1 aliphatic heterocycles. The molecular formula is C26H29FN4O. The predicted octanol–water partition coefficient (Wildman–Crippen LogP) is 5.63. The van der Waals surface area contributed by atoms with Crippen LogP contribution in [0.2, 0.25) is 0 Å². The number of piperidine rings is 1. The molecule has 6 heteroatoms. The summed E-state index contributed by atoms with van der Waals surface area (Å²) >= 11 is 0. The van der Waals surface area contributed by atoms with E-state index in [0.29, 0.717) is 23.0 Å². The molecule has 2 aliphatic carbocycles. The third kappa shape index (κ3) is 3.46. The maximum absolute atomic E-state index is 14.5. The Morgan fingerprint density at radius 3 is 2.53 bits per heavy atom. The van der Waals surface area contributed by atoms with Crippen LogP contribution in [0.4, 0.5) is 21.6 Å². The number of hydrogen-bond acceptors (Lipinski definition) is 4. The number of halogens is 1. The largest absolute Gasteiger partial charge is 0.372 e. The maximum Gasteiger partial charge on any atom is 0.287 e. The number of anilines is 3. The molecule has 1 N–H and O–H groups in total. The number of rotatable bonds is 4. The number of pyridine rings is 2. The second-order valence-corrected chi connectivity index (χ2v) is 9.76. The van der Waals surface area contributed by atoms with Gasteiger partial charge in [0.05, 0.1) is 5.52 Å². The van der Waals surface area contributed by atoms with Gasteiger partial charge < -0.3 is 14.8 Å². The van der Waals surface area contributed by atoms with Crippen LogP contribution in [-0.2, 0) is 0 Å². The van der Waals surface area contributed by atoms with E-state index in [9.17, 15) is 9.18 Å². The molecule has 1 saturated heterocycles. The lowest BCUT2D eigenvalue weighted by Crippen LogP contribution is -2.30. The van der Waals surface area contributed by atoms with Gasteiger partial charge in [-0.25, -0.2) is 9.37 Å². The van der Waals surface area contributed by atoms with Gasteiger partial charge >= 0.3 is 0 Å². The van der Waals surface area contributed by atoms with Gasteiger partial charge in [0.15, 0.2) is 5.82 Å². The van der Waals surface area contributed by atoms with E-state index < -0.39 is 11.4 Å². The highest BCUT2D eigenvalue weighted by molar-refractivity contribution is 5.81. The van der Waals surface area contributed by atoms with Crippen molar-refractivity contribution in [2.45, 2.75) is 51.0 Å². The molecular weight excluding hydrogens is 403 g/mol. The van der Waals surface area contributed by atoms with Crippen molar-refractivity contribution in [2.24, 2.45) is 11.8 Å². The van der Waals surface area contributed by atoms with Crippen molar-refractivity contribution in [1.82, 2.24) is 9.55 Å². The molecule has 3 atom stereocenters. The van der Waals surface area contributed by atoms with Gasteiger partial charge in [-0.2, -0.15) is 0 Å². The molecule has 3 heterocycles. The Hall–Kier alpha value is -2.89. The molecule has 2 aromatic heterocycles. The van der Waals surface area contributed by atoms with Gasteiger partial charge in [0.2, 0.25) is 0 Å². The fourth-order valence-electron chi connectivity index (χ4n) is 6.18. The molecule has 3 unspecified atom stereocenters. The summed E-state index contributed by atoms with van der Waals surface area (Å²) in [6, 6.07) is 11.8. The number of benzene rings is 1. The minimum atomic E-state index is -0.684. The van der Waals surface area contributed by atoms with E-state index in [2.05, 4.69) is 39.5 Å². The lowest BCUT2D eigenvalue weighted by Gasteiger charge is -2.28. The molecule has 3 fully saturated rings. The first-order valence-corrected chi connectivity index (χ1v) is 12.0. The summed E-state index contributed by atoms with van der Waals surface area (Å²) in [5.41, 5.74) is 2.48. The summed E-state index contributed by atoms with van der Waals surface area (Å²) in [5.74, 6) is 1.14. The summed E-state index contributed by atoms with van der Waals surface area (Å²) in [5, 5.41) is 4.05. The highest BCUT2D eigenvalue weighted by Gasteiger charge is 2.41. The number of fused-ring (bicyclic) bond motifs is 3. The molecule has 6 rings (SSSR count). The van der Waals surface area contributed by atoms with E-state index >= 15 is 0 Å². The molecule has 32 heavy (non-hydrogen) atoms. The molecule has 0 amide bonds. The van der Waals surface area contributed by atoms with Crippen LogP contribution in [0.5, 0.6) is 0 Å². The average Bonchev–Trinajstić information content (AvgIpc) is 3.45. The van der Waals surface area contributed by atoms with Crippen molar-refractivity contribution >= 4 is 28.1 Å². The Kier molecular flexibility index (Phi) is 4.89. The zero-order valence-electron chi connectivity index (χ0n) is 18.3. The fraction of sp³-hybridized carbons (Fsp3) is 0.462. The zero-order valence-corrected chi connectivity index (χ0v) is 18.3. The second kappa shape index (κ2) is 7.91. The van der Waals surface area contributed by atoms with Gasteiger partial charge in [0, 0.05) is 48.2 Å². The maximum atomic E-state index is 14.5. The number of aromatic nitrogens is 2. The van der Waals surface area contributed by atoms with Crippen molar-refractivity contribution in [2.75, 3.05) is 23.3 Å². The Labute approximate surface area is 187 Å². The Balaban J connectivity index is 1.31. The monoisotopic (exact) mass is 432 g/mol. The first-order valence-electron chi connectivity index (χ1n) is 12.0. The van der Waals surface area contributed by atoms with Crippen molar-refractivity contribution < 1.29 is 4.39 Å². The minimum absolute atomic E-state index is 0.0959. The summed E-state index contributed by atoms with van der Waals surface area (Å²) in [6.45, 7) is 2.24. The SMILES string of the molecule is O=c1c(F)cc2cnc(Nc3ccc(N4CCCCC4)cc3)cc2n1C1CC2CCC1C2. The summed E-state index contributed by atoms with van der Waals surface area (Å²) in [4.78, 5) is 19.8. The Morgan fingerprint density at radius 2 is 1.81 bits per heavy atom. The van der Waals surface area contributed by atoms with Crippen LogP contribution in [0.15, 0.2) is 47.4 Å². The van der Waals surface area contributed by atoms with Crippen molar-refractivity contribution in [1.29, 1.82) is 0 Å². The number of nitrogens with zero attached hydrogens (tertiary/aromatic N) is 3. The third-order valence-electron chi connectivity index (χ3n) is 7.77. The van der Waals surface area contributed by atoms with E-state index in [4.69, 9.17) is 0 Å². The van der Waals surface area contributed by atoms with E-state index in [0.717, 1.165) is 43.6 Å². The van der Waals surface area contributed by atoms with Crippen LogP contribution in [-0.4, -0.2) is 22.6 Å². The van der Waals surface area contributed by atoms with Crippen LogP contribution in [0.1, 0.15) is 51.0 Å². The molecule has 3 aromatic rings. The Morgan fingerprint density at radius 1 is 1.00 bits per heavy atom. The quantitative estimate of drug-likeness (QED) is 0.580. The topological polar surface area (TPSA) is 50.2 Å². The normalized spacial score (nSPS) is 24.9. The number of hydrogen-bond donors (Lipinski definition) is 1. The van der Waals surface area contributed by atoms with Crippen LogP contribution in [0, 0.1) is 17.7 Å². The minimum Gasteiger partial charge on any atom is -0.372 e. The van der Waals surface area contributed by atoms with Crippen molar-refractivity contribution in [3.05, 3.63) is 58.8 Å². The van der Waals surface area contributed by atoms with Crippen LogP contribution in [0.25, 0.3) is 10.9 Å². The summed E-state index contributed by atoms with van der Waals surface area (Å²) in [7, 11) is 0. The van der Waals surface area contributed by atoms with Gasteiger partial charge in [0.1, 0.15) is 5.82 Å². The average molecular weight is 433 g/mol. The lowest BCUT2D eigenvalue weighted by atomic mass is 9.94. The van der Waals surface area contributed by atoms with Gasteiger partial charge in [-0.3, -0.25) is 4.79 Å². The first kappa shape index (κ1) is 19.8.